The van der Waals surface area contributed by atoms with Gasteiger partial charge in [-0.1, -0.05) is 212 Å². The van der Waals surface area contributed by atoms with Crippen LogP contribution in [0.3, 0.4) is 0 Å². The SMILES string of the molecule is c1ccc(-c2cccc(-c3c4ccccc4c(-c4cccc(-c5c6ccccc6c(-c6cccc(-c7ccccc7)c6)c6ccccc56)c4)c4ccccc34)c2)cc1. The van der Waals surface area contributed by atoms with Crippen molar-refractivity contribution in [3.63, 3.8) is 0 Å². The average Bonchev–Trinajstić information content (AvgIpc) is 3.30. The van der Waals surface area contributed by atoms with Crippen LogP contribution >= 0.6 is 0 Å². The fraction of sp³-hybridized carbons (Fsp3) is 0. The van der Waals surface area contributed by atoms with Gasteiger partial charge < -0.3 is 0 Å². The topological polar surface area (TPSA) is 0 Å². The molecule has 11 aromatic rings. The Labute approximate surface area is 339 Å². The van der Waals surface area contributed by atoms with Crippen molar-refractivity contribution in [3.05, 3.63) is 231 Å². The third-order valence-corrected chi connectivity index (χ3v) is 11.8. The fourth-order valence-corrected chi connectivity index (χ4v) is 9.30. The first kappa shape index (κ1) is 33.8. The summed E-state index contributed by atoms with van der Waals surface area (Å²) in [5, 5.41) is 10.0. The summed E-state index contributed by atoms with van der Waals surface area (Å²) in [6.07, 6.45) is 0. The molecule has 270 valence electrons. The molecule has 0 amide bonds. The Morgan fingerprint density at radius 2 is 0.328 bits per heavy atom. The zero-order chi connectivity index (χ0) is 38.4. The largest absolute Gasteiger partial charge is 0.0622 e. The van der Waals surface area contributed by atoms with Crippen molar-refractivity contribution >= 4 is 43.1 Å². The third kappa shape index (κ3) is 5.69. The zero-order valence-corrected chi connectivity index (χ0v) is 31.9. The summed E-state index contributed by atoms with van der Waals surface area (Å²) >= 11 is 0. The second-order valence-electron chi connectivity index (χ2n) is 15.2. The summed E-state index contributed by atoms with van der Waals surface area (Å²) in [5.41, 5.74) is 14.8. The highest BCUT2D eigenvalue weighted by atomic mass is 14.2. The second kappa shape index (κ2) is 14.2. The number of fused-ring (bicyclic) bond motifs is 4. The number of rotatable bonds is 6. The van der Waals surface area contributed by atoms with Crippen LogP contribution in [-0.2, 0) is 0 Å². The molecule has 0 spiro atoms. The lowest BCUT2D eigenvalue weighted by molar-refractivity contribution is 1.60. The van der Waals surface area contributed by atoms with Crippen LogP contribution in [0.4, 0.5) is 0 Å². The maximum absolute atomic E-state index is 2.42. The van der Waals surface area contributed by atoms with Crippen molar-refractivity contribution in [3.8, 4) is 66.8 Å². The van der Waals surface area contributed by atoms with Crippen molar-refractivity contribution in [1.29, 1.82) is 0 Å². The second-order valence-corrected chi connectivity index (χ2v) is 15.2. The first-order valence-electron chi connectivity index (χ1n) is 20.1. The Bertz CT molecular complexity index is 2980. The average molecular weight is 735 g/mol. The summed E-state index contributed by atoms with van der Waals surface area (Å²) < 4.78 is 0. The molecule has 11 aromatic carbocycles. The maximum atomic E-state index is 2.42. The van der Waals surface area contributed by atoms with Gasteiger partial charge in [0.05, 0.1) is 0 Å². The minimum Gasteiger partial charge on any atom is -0.0622 e. The molecule has 0 aliphatic heterocycles. The molecule has 0 bridgehead atoms. The molecule has 0 aliphatic carbocycles. The van der Waals surface area contributed by atoms with Gasteiger partial charge >= 0.3 is 0 Å². The van der Waals surface area contributed by atoms with Crippen LogP contribution in [0.5, 0.6) is 0 Å². The van der Waals surface area contributed by atoms with Crippen LogP contribution < -0.4 is 0 Å². The molecule has 0 aromatic heterocycles. The van der Waals surface area contributed by atoms with E-state index >= 15 is 0 Å². The molecule has 0 N–H and O–H groups in total. The van der Waals surface area contributed by atoms with E-state index in [0.29, 0.717) is 0 Å². The molecule has 11 rings (SSSR count). The lowest BCUT2D eigenvalue weighted by Gasteiger charge is -2.20. The Kier molecular flexibility index (Phi) is 8.26. The molecular weight excluding hydrogens is 697 g/mol. The summed E-state index contributed by atoms with van der Waals surface area (Å²) in [6.45, 7) is 0. The minimum absolute atomic E-state index is 1.21. The monoisotopic (exact) mass is 734 g/mol. The quantitative estimate of drug-likeness (QED) is 0.149. The van der Waals surface area contributed by atoms with Crippen LogP contribution in [0.2, 0.25) is 0 Å². The Morgan fingerprint density at radius 1 is 0.138 bits per heavy atom. The lowest BCUT2D eigenvalue weighted by Crippen LogP contribution is -1.93. The van der Waals surface area contributed by atoms with Gasteiger partial charge in [-0.3, -0.25) is 0 Å². The van der Waals surface area contributed by atoms with Crippen molar-refractivity contribution in [2.24, 2.45) is 0 Å². The van der Waals surface area contributed by atoms with Gasteiger partial charge in [-0.2, -0.15) is 0 Å². The molecule has 0 nitrogen and oxygen atoms in total. The molecule has 0 atom stereocenters. The van der Waals surface area contributed by atoms with Crippen molar-refractivity contribution in [2.75, 3.05) is 0 Å². The minimum atomic E-state index is 1.21. The molecule has 0 saturated carbocycles. The highest BCUT2D eigenvalue weighted by Gasteiger charge is 2.20. The van der Waals surface area contributed by atoms with Gasteiger partial charge in [0, 0.05) is 0 Å². The molecule has 0 fully saturated rings. The van der Waals surface area contributed by atoms with Gasteiger partial charge in [0.15, 0.2) is 0 Å². The van der Waals surface area contributed by atoms with Crippen LogP contribution in [0.15, 0.2) is 231 Å². The molecule has 0 unspecified atom stereocenters. The third-order valence-electron chi connectivity index (χ3n) is 11.8. The number of hydrogen-bond donors (Lipinski definition) is 0. The standard InChI is InChI=1S/C58H38/c1-3-18-39(19-4-1)41-22-15-24-43(36-41)55-47-28-7-11-32-51(47)57(52-33-12-8-29-48(52)55)45-26-17-27-46(38-45)58-53-34-13-9-30-49(53)56(50-31-10-14-35-54(50)58)44-25-16-23-42(37-44)40-20-5-2-6-21-40/h1-38H. The lowest BCUT2D eigenvalue weighted by atomic mass is 9.83. The number of benzene rings is 11. The molecule has 0 heteroatoms. The summed E-state index contributed by atoms with van der Waals surface area (Å²) in [4.78, 5) is 0. The first-order valence-corrected chi connectivity index (χ1v) is 20.1. The van der Waals surface area contributed by atoms with E-state index < -0.39 is 0 Å². The van der Waals surface area contributed by atoms with Crippen LogP contribution in [-0.4, -0.2) is 0 Å². The first-order chi connectivity index (χ1) is 28.8. The van der Waals surface area contributed by atoms with E-state index in [9.17, 15) is 0 Å². The highest BCUT2D eigenvalue weighted by Crippen LogP contribution is 2.47. The van der Waals surface area contributed by atoms with E-state index in [4.69, 9.17) is 0 Å². The van der Waals surface area contributed by atoms with Crippen molar-refractivity contribution < 1.29 is 0 Å². The molecule has 0 saturated heterocycles. The van der Waals surface area contributed by atoms with Crippen LogP contribution in [0, 0.1) is 0 Å². The maximum Gasteiger partial charge on any atom is -0.00262 e. The summed E-state index contributed by atoms with van der Waals surface area (Å²) in [6, 6.07) is 84.5. The fourth-order valence-electron chi connectivity index (χ4n) is 9.30. The van der Waals surface area contributed by atoms with E-state index in [1.54, 1.807) is 0 Å². The van der Waals surface area contributed by atoms with E-state index in [2.05, 4.69) is 231 Å². The van der Waals surface area contributed by atoms with Crippen LogP contribution in [0.25, 0.3) is 110 Å². The highest BCUT2D eigenvalue weighted by molar-refractivity contribution is 6.23. The molecular formula is C58H38. The predicted octanol–water partition coefficient (Wildman–Crippen LogP) is 16.3. The van der Waals surface area contributed by atoms with Crippen molar-refractivity contribution in [2.45, 2.75) is 0 Å². The summed E-state index contributed by atoms with van der Waals surface area (Å²) in [7, 11) is 0. The van der Waals surface area contributed by atoms with E-state index in [0.717, 1.165) is 0 Å². The normalized spacial score (nSPS) is 11.4. The molecule has 0 heterocycles. The van der Waals surface area contributed by atoms with Gasteiger partial charge in [0.1, 0.15) is 0 Å². The molecule has 0 aliphatic rings. The number of hydrogen-bond acceptors (Lipinski definition) is 0. The van der Waals surface area contributed by atoms with Gasteiger partial charge in [-0.15, -0.1) is 0 Å². The zero-order valence-electron chi connectivity index (χ0n) is 31.9. The molecule has 0 radical (unpaired) electrons. The Balaban J connectivity index is 1.13. The van der Waals surface area contributed by atoms with E-state index in [-0.39, 0.29) is 0 Å². The van der Waals surface area contributed by atoms with E-state index in [1.165, 1.54) is 110 Å². The van der Waals surface area contributed by atoms with Gasteiger partial charge in [0.2, 0.25) is 0 Å². The van der Waals surface area contributed by atoms with E-state index in [1.807, 2.05) is 0 Å². The van der Waals surface area contributed by atoms with Crippen molar-refractivity contribution in [1.82, 2.24) is 0 Å². The molecule has 58 heavy (non-hydrogen) atoms. The van der Waals surface area contributed by atoms with Gasteiger partial charge in [0.25, 0.3) is 0 Å². The Hall–Kier alpha value is -7.54. The smallest absolute Gasteiger partial charge is 0.00262 e. The van der Waals surface area contributed by atoms with Gasteiger partial charge in [-0.05, 0) is 128 Å². The van der Waals surface area contributed by atoms with Gasteiger partial charge in [-0.25, -0.2) is 0 Å². The Morgan fingerprint density at radius 3 is 0.586 bits per heavy atom. The predicted molar refractivity (Wildman–Crippen MR) is 249 cm³/mol. The van der Waals surface area contributed by atoms with Crippen LogP contribution in [0.1, 0.15) is 0 Å². The summed E-state index contributed by atoms with van der Waals surface area (Å²) in [5.74, 6) is 0.